The van der Waals surface area contributed by atoms with E-state index in [9.17, 15) is 24.9 Å². The summed E-state index contributed by atoms with van der Waals surface area (Å²) in [7, 11) is 1.30. The number of aliphatic hydroxyl groups excluding tert-OH is 3. The Morgan fingerprint density at radius 2 is 1.74 bits per heavy atom. The van der Waals surface area contributed by atoms with E-state index < -0.39 is 54.7 Å². The summed E-state index contributed by atoms with van der Waals surface area (Å²) in [6.07, 6.45) is -5.12. The summed E-state index contributed by atoms with van der Waals surface area (Å²) >= 11 is 12.9. The van der Waals surface area contributed by atoms with Crippen molar-refractivity contribution in [3.8, 4) is 5.75 Å². The first-order valence-electron chi connectivity index (χ1n) is 12.2. The summed E-state index contributed by atoms with van der Waals surface area (Å²) in [4.78, 5) is 25.3. The van der Waals surface area contributed by atoms with E-state index >= 15 is 0 Å². The standard InChI is InChI=1S/C27H33Cl2NO9/c1-13-16(24(34)30-20-22(33)21(32)18(11-31)38-26(20)36-5)10-17(28)23(19(13)29)37-12-14-6-8-15(9-7-14)25(35)39-27(2,3)4/h6-10,18,20-22,26,31-33H,11-12H2,1-5H3,(H,30,34)/t18-,20-,21-,22-,26+/m1/s1. The van der Waals surface area contributed by atoms with E-state index in [2.05, 4.69) is 5.32 Å². The number of methoxy groups -OCH3 is 1. The van der Waals surface area contributed by atoms with Gasteiger partial charge in [-0.3, -0.25) is 4.79 Å². The Morgan fingerprint density at radius 3 is 2.31 bits per heavy atom. The predicted octanol–water partition coefficient (Wildman–Crippen LogP) is 3.02. The van der Waals surface area contributed by atoms with Gasteiger partial charge >= 0.3 is 5.97 Å². The van der Waals surface area contributed by atoms with Gasteiger partial charge in [0, 0.05) is 12.7 Å². The van der Waals surface area contributed by atoms with E-state index in [-0.39, 0.29) is 28.0 Å². The lowest BCUT2D eigenvalue weighted by atomic mass is 9.96. The zero-order valence-electron chi connectivity index (χ0n) is 22.2. The third-order valence-corrected chi connectivity index (χ3v) is 6.78. The Bertz CT molecular complexity index is 1180. The second-order valence-electron chi connectivity index (χ2n) is 10.1. The molecule has 12 heteroatoms. The van der Waals surface area contributed by atoms with Crippen molar-refractivity contribution in [2.75, 3.05) is 13.7 Å². The van der Waals surface area contributed by atoms with Gasteiger partial charge in [0.25, 0.3) is 5.91 Å². The van der Waals surface area contributed by atoms with E-state index in [0.717, 1.165) is 5.56 Å². The number of benzene rings is 2. The number of halogens is 2. The summed E-state index contributed by atoms with van der Waals surface area (Å²) in [5, 5.41) is 32.8. The molecule has 1 saturated heterocycles. The molecule has 1 amide bonds. The maximum atomic E-state index is 13.1. The Labute approximate surface area is 236 Å². The molecule has 0 radical (unpaired) electrons. The van der Waals surface area contributed by atoms with Crippen molar-refractivity contribution in [3.63, 3.8) is 0 Å². The number of hydrogen-bond acceptors (Lipinski definition) is 9. The lowest BCUT2D eigenvalue weighted by Gasteiger charge is -2.41. The highest BCUT2D eigenvalue weighted by Crippen LogP contribution is 2.38. The van der Waals surface area contributed by atoms with Crippen molar-refractivity contribution in [2.24, 2.45) is 0 Å². The average molecular weight is 586 g/mol. The monoisotopic (exact) mass is 585 g/mol. The van der Waals surface area contributed by atoms with Crippen LogP contribution < -0.4 is 10.1 Å². The second-order valence-corrected chi connectivity index (χ2v) is 10.9. The molecule has 4 N–H and O–H groups in total. The fourth-order valence-corrected chi connectivity index (χ4v) is 4.52. The Kier molecular flexibility index (Phi) is 10.2. The molecule has 0 unspecified atom stereocenters. The molecule has 0 spiro atoms. The van der Waals surface area contributed by atoms with Gasteiger partial charge in [-0.25, -0.2) is 4.79 Å². The first kappa shape index (κ1) is 31.1. The highest BCUT2D eigenvalue weighted by Gasteiger charge is 2.45. The Balaban J connectivity index is 1.72. The smallest absolute Gasteiger partial charge is 0.338 e. The average Bonchev–Trinajstić information content (AvgIpc) is 2.88. The molecule has 0 aromatic heterocycles. The number of aliphatic hydroxyl groups is 3. The van der Waals surface area contributed by atoms with Gasteiger partial charge in [0.1, 0.15) is 36.6 Å². The number of nitrogens with one attached hydrogen (secondary N) is 1. The van der Waals surface area contributed by atoms with Gasteiger partial charge < -0.3 is 39.6 Å². The molecule has 10 nitrogen and oxygen atoms in total. The largest absolute Gasteiger partial charge is 0.486 e. The van der Waals surface area contributed by atoms with Gasteiger partial charge in [0.15, 0.2) is 12.0 Å². The van der Waals surface area contributed by atoms with Crippen molar-refractivity contribution in [1.82, 2.24) is 5.32 Å². The van der Waals surface area contributed by atoms with Crippen LogP contribution in [0.15, 0.2) is 30.3 Å². The minimum absolute atomic E-state index is 0.0743. The van der Waals surface area contributed by atoms with Crippen LogP contribution in [0.4, 0.5) is 0 Å². The number of ether oxygens (including phenoxy) is 4. The molecule has 214 valence electrons. The third-order valence-electron chi connectivity index (χ3n) is 6.05. The predicted molar refractivity (Wildman–Crippen MR) is 143 cm³/mol. The lowest BCUT2D eigenvalue weighted by molar-refractivity contribution is -0.261. The molecule has 2 aromatic carbocycles. The molecule has 0 saturated carbocycles. The zero-order valence-corrected chi connectivity index (χ0v) is 23.7. The number of esters is 1. The molecule has 0 bridgehead atoms. The van der Waals surface area contributed by atoms with Crippen LogP contribution in [0.3, 0.4) is 0 Å². The molecule has 2 aromatic rings. The van der Waals surface area contributed by atoms with E-state index in [4.69, 9.17) is 42.1 Å². The van der Waals surface area contributed by atoms with Crippen LogP contribution in [0.1, 0.15) is 52.6 Å². The number of amides is 1. The molecule has 1 fully saturated rings. The summed E-state index contributed by atoms with van der Waals surface area (Å²) in [6.45, 7) is 6.52. The quantitative estimate of drug-likeness (QED) is 0.343. The van der Waals surface area contributed by atoms with Crippen LogP contribution in [0.2, 0.25) is 10.0 Å². The topological polar surface area (TPSA) is 144 Å². The van der Waals surface area contributed by atoms with Crippen molar-refractivity contribution in [1.29, 1.82) is 0 Å². The second kappa shape index (κ2) is 12.8. The minimum Gasteiger partial charge on any atom is -0.486 e. The highest BCUT2D eigenvalue weighted by atomic mass is 35.5. The first-order chi connectivity index (χ1) is 18.3. The highest BCUT2D eigenvalue weighted by molar-refractivity contribution is 6.38. The number of hydrogen-bond donors (Lipinski definition) is 4. The molecular weight excluding hydrogens is 553 g/mol. The maximum Gasteiger partial charge on any atom is 0.338 e. The van der Waals surface area contributed by atoms with Gasteiger partial charge in [-0.15, -0.1) is 0 Å². The van der Waals surface area contributed by atoms with Crippen LogP contribution in [0.25, 0.3) is 0 Å². The van der Waals surface area contributed by atoms with Crippen LogP contribution in [0.5, 0.6) is 5.75 Å². The molecular formula is C27H33Cl2NO9. The van der Waals surface area contributed by atoms with Gasteiger partial charge in [0.05, 0.1) is 22.2 Å². The molecule has 5 atom stereocenters. The fourth-order valence-electron chi connectivity index (χ4n) is 3.96. The minimum atomic E-state index is -1.47. The van der Waals surface area contributed by atoms with Crippen LogP contribution >= 0.6 is 23.2 Å². The summed E-state index contributed by atoms with van der Waals surface area (Å²) < 4.78 is 21.8. The third kappa shape index (κ3) is 7.40. The molecule has 0 aliphatic carbocycles. The summed E-state index contributed by atoms with van der Waals surface area (Å²) in [6, 6.07) is 6.93. The molecule has 39 heavy (non-hydrogen) atoms. The van der Waals surface area contributed by atoms with Gasteiger partial charge in [-0.2, -0.15) is 0 Å². The van der Waals surface area contributed by atoms with E-state index in [0.29, 0.717) is 11.1 Å². The van der Waals surface area contributed by atoms with Crippen LogP contribution in [0, 0.1) is 6.92 Å². The van der Waals surface area contributed by atoms with Crippen LogP contribution in [-0.4, -0.2) is 77.2 Å². The fraction of sp³-hybridized carbons (Fsp3) is 0.481. The van der Waals surface area contributed by atoms with Crippen molar-refractivity contribution >= 4 is 35.1 Å². The van der Waals surface area contributed by atoms with Gasteiger partial charge in [0.2, 0.25) is 0 Å². The van der Waals surface area contributed by atoms with Gasteiger partial charge in [-0.05, 0) is 57.0 Å². The van der Waals surface area contributed by atoms with Crippen molar-refractivity contribution in [2.45, 2.75) is 70.5 Å². The van der Waals surface area contributed by atoms with E-state index in [1.807, 2.05) is 0 Å². The molecule has 3 rings (SSSR count). The van der Waals surface area contributed by atoms with Crippen LogP contribution in [-0.2, 0) is 20.8 Å². The molecule has 1 aliphatic heterocycles. The van der Waals surface area contributed by atoms with Crippen molar-refractivity contribution < 1.29 is 43.9 Å². The number of carbonyl (C=O) groups is 2. The molecule has 1 heterocycles. The Hall–Kier alpha value is -2.44. The lowest BCUT2D eigenvalue weighted by Crippen LogP contribution is -2.64. The van der Waals surface area contributed by atoms with Crippen molar-refractivity contribution in [3.05, 3.63) is 62.6 Å². The Morgan fingerprint density at radius 1 is 1.10 bits per heavy atom. The molecule has 1 aliphatic rings. The summed E-state index contributed by atoms with van der Waals surface area (Å²) in [5.74, 6) is -0.914. The number of carbonyl (C=O) groups excluding carboxylic acids is 2. The van der Waals surface area contributed by atoms with Gasteiger partial charge in [-0.1, -0.05) is 35.3 Å². The van der Waals surface area contributed by atoms with E-state index in [1.165, 1.54) is 13.2 Å². The SMILES string of the molecule is CO[C@H]1O[C@H](CO)[C@@H](O)[C@H](O)[C@H]1NC(=O)c1cc(Cl)c(OCc2ccc(C(=O)OC(C)(C)C)cc2)c(Cl)c1C. The van der Waals surface area contributed by atoms with E-state index in [1.54, 1.807) is 52.0 Å². The first-order valence-corrected chi connectivity index (χ1v) is 12.9. The normalized spacial score (nSPS) is 23.3. The number of rotatable bonds is 8. The zero-order chi connectivity index (χ0) is 29.1. The maximum absolute atomic E-state index is 13.1. The summed E-state index contributed by atoms with van der Waals surface area (Å²) in [5.41, 5.74) is 1.01.